The van der Waals surface area contributed by atoms with E-state index in [4.69, 9.17) is 4.74 Å². The molecule has 1 N–H and O–H groups in total. The highest BCUT2D eigenvalue weighted by atomic mass is 79.9. The largest absolute Gasteiger partial charge is 0.462 e. The molecule has 0 aliphatic heterocycles. The van der Waals surface area contributed by atoms with Crippen molar-refractivity contribution in [1.82, 2.24) is 9.97 Å². The second-order valence-corrected chi connectivity index (χ2v) is 4.35. The quantitative estimate of drug-likeness (QED) is 0.692. The fraction of sp³-hybridized carbons (Fsp3) is 0.154. The molecule has 0 aliphatic carbocycles. The lowest BCUT2D eigenvalue weighted by Crippen LogP contribution is -2.11. The lowest BCUT2D eigenvalue weighted by Gasteiger charge is -2.10. The minimum Gasteiger partial charge on any atom is -0.462 e. The number of aromatic nitrogens is 2. The number of ether oxygens (including phenoxy) is 1. The molecule has 2 aromatic rings. The number of anilines is 2. The van der Waals surface area contributed by atoms with Crippen LogP contribution in [0.3, 0.4) is 0 Å². The molecular weight excluding hydrogens is 310 g/mol. The van der Waals surface area contributed by atoms with Gasteiger partial charge in [-0.1, -0.05) is 18.2 Å². The van der Waals surface area contributed by atoms with E-state index < -0.39 is 5.97 Å². The molecule has 19 heavy (non-hydrogen) atoms. The molecule has 0 spiro atoms. The first-order valence-electron chi connectivity index (χ1n) is 5.72. The molecule has 0 atom stereocenters. The molecule has 0 saturated carbocycles. The Balaban J connectivity index is 2.35. The van der Waals surface area contributed by atoms with Crippen LogP contribution in [0.25, 0.3) is 0 Å². The molecule has 0 unspecified atom stereocenters. The maximum atomic E-state index is 11.9. The molecule has 0 saturated heterocycles. The summed E-state index contributed by atoms with van der Waals surface area (Å²) in [5.41, 5.74) is 1.12. The normalized spacial score (nSPS) is 10.0. The Kier molecular flexibility index (Phi) is 4.46. The minimum atomic E-state index is -0.464. The molecule has 0 amide bonds. The average molecular weight is 322 g/mol. The molecule has 1 aromatic carbocycles. The first-order valence-corrected chi connectivity index (χ1v) is 6.51. The van der Waals surface area contributed by atoms with Gasteiger partial charge in [0.15, 0.2) is 0 Å². The third kappa shape index (κ3) is 3.29. The van der Waals surface area contributed by atoms with Crippen molar-refractivity contribution in [3.8, 4) is 0 Å². The van der Waals surface area contributed by atoms with E-state index in [1.807, 2.05) is 30.3 Å². The van der Waals surface area contributed by atoms with Gasteiger partial charge in [-0.3, -0.25) is 0 Å². The summed E-state index contributed by atoms with van der Waals surface area (Å²) in [6.07, 6.45) is 1.37. The summed E-state index contributed by atoms with van der Waals surface area (Å²) in [5, 5.41) is 3.07. The van der Waals surface area contributed by atoms with Gasteiger partial charge in [-0.25, -0.2) is 14.8 Å². The molecule has 0 fully saturated rings. The van der Waals surface area contributed by atoms with Crippen LogP contribution in [0.2, 0.25) is 0 Å². The van der Waals surface area contributed by atoms with Crippen LogP contribution in [0, 0.1) is 0 Å². The van der Waals surface area contributed by atoms with E-state index in [-0.39, 0.29) is 5.56 Å². The summed E-state index contributed by atoms with van der Waals surface area (Å²) < 4.78 is 5.40. The summed E-state index contributed by atoms with van der Waals surface area (Å²) in [5.74, 6) is -0.0556. The monoisotopic (exact) mass is 321 g/mol. The number of carbonyl (C=O) groups excluding carboxylic acids is 1. The number of esters is 1. The van der Waals surface area contributed by atoms with Crippen molar-refractivity contribution in [3.05, 3.63) is 46.8 Å². The number of carbonyl (C=O) groups is 1. The van der Waals surface area contributed by atoms with Crippen LogP contribution < -0.4 is 5.32 Å². The van der Waals surface area contributed by atoms with Crippen LogP contribution >= 0.6 is 15.9 Å². The van der Waals surface area contributed by atoms with Crippen molar-refractivity contribution < 1.29 is 9.53 Å². The van der Waals surface area contributed by atoms with Crippen molar-refractivity contribution in [2.75, 3.05) is 11.9 Å². The Labute approximate surface area is 119 Å². The number of nitrogens with one attached hydrogen (secondary N) is 1. The predicted molar refractivity (Wildman–Crippen MR) is 75.4 cm³/mol. The van der Waals surface area contributed by atoms with Gasteiger partial charge in [0.2, 0.25) is 0 Å². The standard InChI is InChI=1S/C13H12BrN3O2/c1-2-19-13(18)10-11(14)15-8-16-12(10)17-9-6-4-3-5-7-9/h3-8H,2H2,1H3,(H,15,16,17). The summed E-state index contributed by atoms with van der Waals surface area (Å²) in [4.78, 5) is 19.9. The number of nitrogens with zero attached hydrogens (tertiary/aromatic N) is 2. The van der Waals surface area contributed by atoms with Gasteiger partial charge in [-0.05, 0) is 35.0 Å². The number of hydrogen-bond donors (Lipinski definition) is 1. The van der Waals surface area contributed by atoms with Crippen molar-refractivity contribution >= 4 is 33.4 Å². The Morgan fingerprint density at radius 2 is 2.05 bits per heavy atom. The van der Waals surface area contributed by atoms with Gasteiger partial charge in [0.1, 0.15) is 22.3 Å². The van der Waals surface area contributed by atoms with Gasteiger partial charge in [0, 0.05) is 5.69 Å². The van der Waals surface area contributed by atoms with Crippen LogP contribution in [0.4, 0.5) is 11.5 Å². The van der Waals surface area contributed by atoms with Crippen LogP contribution in [0.5, 0.6) is 0 Å². The van der Waals surface area contributed by atoms with Crippen molar-refractivity contribution in [3.63, 3.8) is 0 Å². The van der Waals surface area contributed by atoms with Gasteiger partial charge in [-0.2, -0.15) is 0 Å². The molecule has 98 valence electrons. The Morgan fingerprint density at radius 3 is 2.74 bits per heavy atom. The number of rotatable bonds is 4. The topological polar surface area (TPSA) is 64.1 Å². The highest BCUT2D eigenvalue weighted by Crippen LogP contribution is 2.24. The fourth-order valence-electron chi connectivity index (χ4n) is 1.50. The lowest BCUT2D eigenvalue weighted by molar-refractivity contribution is 0.0525. The molecule has 0 aliphatic rings. The maximum absolute atomic E-state index is 11.9. The number of hydrogen-bond acceptors (Lipinski definition) is 5. The first-order chi connectivity index (χ1) is 9.22. The van der Waals surface area contributed by atoms with E-state index in [9.17, 15) is 4.79 Å². The fourth-order valence-corrected chi connectivity index (χ4v) is 1.94. The highest BCUT2D eigenvalue weighted by Gasteiger charge is 2.19. The van der Waals surface area contributed by atoms with Gasteiger partial charge in [-0.15, -0.1) is 0 Å². The van der Waals surface area contributed by atoms with Gasteiger partial charge >= 0.3 is 5.97 Å². The van der Waals surface area contributed by atoms with Crippen molar-refractivity contribution in [2.24, 2.45) is 0 Å². The van der Waals surface area contributed by atoms with Crippen LogP contribution in [0.1, 0.15) is 17.3 Å². The molecular formula is C13H12BrN3O2. The summed E-state index contributed by atoms with van der Waals surface area (Å²) in [6, 6.07) is 9.45. The zero-order valence-electron chi connectivity index (χ0n) is 10.3. The number of halogens is 1. The molecule has 2 rings (SSSR count). The van der Waals surface area contributed by atoms with E-state index in [0.717, 1.165) is 5.69 Å². The van der Waals surface area contributed by atoms with E-state index in [1.165, 1.54) is 6.33 Å². The Bertz CT molecular complexity index is 575. The molecule has 0 bridgehead atoms. The van der Waals surface area contributed by atoms with Crippen LogP contribution in [-0.2, 0) is 4.74 Å². The van der Waals surface area contributed by atoms with E-state index in [0.29, 0.717) is 17.0 Å². The van der Waals surface area contributed by atoms with E-state index in [2.05, 4.69) is 31.2 Å². The summed E-state index contributed by atoms with van der Waals surface area (Å²) in [6.45, 7) is 2.05. The number of benzene rings is 1. The van der Waals surface area contributed by atoms with Gasteiger partial charge < -0.3 is 10.1 Å². The molecule has 6 heteroatoms. The Morgan fingerprint density at radius 1 is 1.32 bits per heavy atom. The molecule has 5 nitrogen and oxygen atoms in total. The smallest absolute Gasteiger partial charge is 0.344 e. The lowest BCUT2D eigenvalue weighted by atomic mass is 10.2. The summed E-state index contributed by atoms with van der Waals surface area (Å²) in [7, 11) is 0. The number of para-hydroxylation sites is 1. The van der Waals surface area contributed by atoms with Gasteiger partial charge in [0.05, 0.1) is 6.61 Å². The van der Waals surface area contributed by atoms with Crippen LogP contribution in [-0.4, -0.2) is 22.5 Å². The Hall–Kier alpha value is -1.95. The second kappa shape index (κ2) is 6.29. The third-order valence-electron chi connectivity index (χ3n) is 2.32. The van der Waals surface area contributed by atoms with Crippen LogP contribution in [0.15, 0.2) is 41.3 Å². The van der Waals surface area contributed by atoms with E-state index >= 15 is 0 Å². The zero-order chi connectivity index (χ0) is 13.7. The molecule has 1 aromatic heterocycles. The highest BCUT2D eigenvalue weighted by molar-refractivity contribution is 9.10. The summed E-state index contributed by atoms with van der Waals surface area (Å²) >= 11 is 3.24. The average Bonchev–Trinajstić information content (AvgIpc) is 2.40. The predicted octanol–water partition coefficient (Wildman–Crippen LogP) is 3.16. The SMILES string of the molecule is CCOC(=O)c1c(Br)ncnc1Nc1ccccc1. The second-order valence-electron chi connectivity index (χ2n) is 3.60. The molecule has 1 heterocycles. The zero-order valence-corrected chi connectivity index (χ0v) is 11.8. The van der Waals surface area contributed by atoms with Crippen molar-refractivity contribution in [1.29, 1.82) is 0 Å². The molecule has 0 radical (unpaired) electrons. The minimum absolute atomic E-state index is 0.285. The maximum Gasteiger partial charge on any atom is 0.344 e. The third-order valence-corrected chi connectivity index (χ3v) is 2.92. The first kappa shape index (κ1) is 13.5. The van der Waals surface area contributed by atoms with Crippen molar-refractivity contribution in [2.45, 2.75) is 6.92 Å². The van der Waals surface area contributed by atoms with Gasteiger partial charge in [0.25, 0.3) is 0 Å². The van der Waals surface area contributed by atoms with E-state index in [1.54, 1.807) is 6.92 Å².